The van der Waals surface area contributed by atoms with Crippen LogP contribution in [0.2, 0.25) is 5.15 Å². The van der Waals surface area contributed by atoms with Gasteiger partial charge < -0.3 is 19.5 Å². The summed E-state index contributed by atoms with van der Waals surface area (Å²) in [5, 5.41) is 2.74. The number of nitrogens with zero attached hydrogens (tertiary/aromatic N) is 1. The normalized spacial score (nSPS) is 11.4. The van der Waals surface area contributed by atoms with Gasteiger partial charge in [-0.05, 0) is 43.2 Å². The van der Waals surface area contributed by atoms with E-state index in [1.807, 2.05) is 6.07 Å². The maximum atomic E-state index is 12.1. The fourth-order valence-corrected chi connectivity index (χ4v) is 2.47. The highest BCUT2D eigenvalue weighted by Gasteiger charge is 2.19. The van der Waals surface area contributed by atoms with E-state index in [9.17, 15) is 9.59 Å². The van der Waals surface area contributed by atoms with Crippen LogP contribution in [-0.4, -0.2) is 37.2 Å². The number of aryl methyl sites for hydroxylation is 1. The average Bonchev–Trinajstić information content (AvgIpc) is 2.67. The zero-order valence-corrected chi connectivity index (χ0v) is 16.1. The molecule has 0 unspecified atom stereocenters. The predicted molar refractivity (Wildman–Crippen MR) is 101 cm³/mol. The van der Waals surface area contributed by atoms with Crippen LogP contribution in [0.15, 0.2) is 36.5 Å². The molecule has 1 aromatic heterocycles. The average molecular weight is 393 g/mol. The summed E-state index contributed by atoms with van der Waals surface area (Å²) in [5.74, 6) is 0.238. The molecule has 2 rings (SSSR count). The van der Waals surface area contributed by atoms with Crippen LogP contribution in [0, 0.1) is 0 Å². The Labute approximate surface area is 162 Å². The van der Waals surface area contributed by atoms with Crippen molar-refractivity contribution in [2.75, 3.05) is 19.5 Å². The molecule has 0 bridgehead atoms. The van der Waals surface area contributed by atoms with Crippen molar-refractivity contribution in [1.82, 2.24) is 4.98 Å². The van der Waals surface area contributed by atoms with Gasteiger partial charge in [-0.2, -0.15) is 0 Å². The summed E-state index contributed by atoms with van der Waals surface area (Å²) in [4.78, 5) is 28.0. The highest BCUT2D eigenvalue weighted by atomic mass is 35.5. The molecule has 0 spiro atoms. The Morgan fingerprint density at radius 1 is 1.19 bits per heavy atom. The molecule has 0 aliphatic heterocycles. The van der Waals surface area contributed by atoms with Gasteiger partial charge >= 0.3 is 5.97 Å². The lowest BCUT2D eigenvalue weighted by Gasteiger charge is -2.14. The molecular formula is C19H21ClN2O5. The van der Waals surface area contributed by atoms with Crippen LogP contribution < -0.4 is 14.8 Å². The molecule has 1 aromatic carbocycles. The summed E-state index contributed by atoms with van der Waals surface area (Å²) < 4.78 is 15.6. The van der Waals surface area contributed by atoms with Gasteiger partial charge in [0.15, 0.2) is 22.8 Å². The minimum absolute atomic E-state index is 0.126. The standard InChI is InChI=1S/C19H21ClN2O5/c1-12(19(24)22-14-5-4-10-21-18(14)20)27-17(23)9-7-13-6-8-15(25-2)16(11-13)26-3/h4-6,8,10-12H,7,9H2,1-3H3,(H,22,24)/t12-/m1/s1. The quantitative estimate of drug-likeness (QED) is 0.548. The molecular weight excluding hydrogens is 372 g/mol. The van der Waals surface area contributed by atoms with Gasteiger partial charge in [-0.15, -0.1) is 0 Å². The third-order valence-corrected chi connectivity index (χ3v) is 4.06. The zero-order chi connectivity index (χ0) is 19.8. The largest absolute Gasteiger partial charge is 0.493 e. The van der Waals surface area contributed by atoms with Gasteiger partial charge in [0.2, 0.25) is 0 Å². The number of rotatable bonds is 8. The first-order chi connectivity index (χ1) is 12.9. The molecule has 0 saturated heterocycles. The van der Waals surface area contributed by atoms with Crippen molar-refractivity contribution in [2.24, 2.45) is 0 Å². The van der Waals surface area contributed by atoms with Gasteiger partial charge in [-0.3, -0.25) is 9.59 Å². The smallest absolute Gasteiger partial charge is 0.306 e. The lowest BCUT2D eigenvalue weighted by Crippen LogP contribution is -2.30. The molecule has 27 heavy (non-hydrogen) atoms. The van der Waals surface area contributed by atoms with Crippen LogP contribution in [0.3, 0.4) is 0 Å². The van der Waals surface area contributed by atoms with E-state index in [2.05, 4.69) is 10.3 Å². The minimum atomic E-state index is -0.959. The number of pyridine rings is 1. The van der Waals surface area contributed by atoms with Crippen LogP contribution in [0.25, 0.3) is 0 Å². The highest BCUT2D eigenvalue weighted by molar-refractivity contribution is 6.32. The topological polar surface area (TPSA) is 86.8 Å². The Morgan fingerprint density at radius 3 is 2.59 bits per heavy atom. The Morgan fingerprint density at radius 2 is 1.93 bits per heavy atom. The first kappa shape index (κ1) is 20.5. The van der Waals surface area contributed by atoms with Gasteiger partial charge in [0.05, 0.1) is 19.9 Å². The number of benzene rings is 1. The van der Waals surface area contributed by atoms with Crippen molar-refractivity contribution in [3.05, 3.63) is 47.2 Å². The first-order valence-electron chi connectivity index (χ1n) is 8.26. The highest BCUT2D eigenvalue weighted by Crippen LogP contribution is 2.28. The zero-order valence-electron chi connectivity index (χ0n) is 15.3. The number of hydrogen-bond donors (Lipinski definition) is 1. The number of halogens is 1. The van der Waals surface area contributed by atoms with E-state index in [1.54, 1.807) is 38.5 Å². The SMILES string of the molecule is COc1ccc(CCC(=O)O[C@H](C)C(=O)Nc2cccnc2Cl)cc1OC. The van der Waals surface area contributed by atoms with Crippen molar-refractivity contribution in [3.63, 3.8) is 0 Å². The van der Waals surface area contributed by atoms with E-state index in [1.165, 1.54) is 13.1 Å². The van der Waals surface area contributed by atoms with E-state index < -0.39 is 18.0 Å². The molecule has 1 amide bonds. The Balaban J connectivity index is 1.86. The van der Waals surface area contributed by atoms with Crippen LogP contribution in [0.1, 0.15) is 18.9 Å². The van der Waals surface area contributed by atoms with Crippen molar-refractivity contribution in [2.45, 2.75) is 25.9 Å². The number of esters is 1. The Hall–Kier alpha value is -2.80. The van der Waals surface area contributed by atoms with Crippen LogP contribution in [0.4, 0.5) is 5.69 Å². The molecule has 1 N–H and O–H groups in total. The number of nitrogens with one attached hydrogen (secondary N) is 1. The van der Waals surface area contributed by atoms with E-state index in [0.717, 1.165) is 5.56 Å². The van der Waals surface area contributed by atoms with Crippen LogP contribution in [-0.2, 0) is 20.7 Å². The monoisotopic (exact) mass is 392 g/mol. The molecule has 1 heterocycles. The molecule has 0 radical (unpaired) electrons. The summed E-state index contributed by atoms with van der Waals surface area (Å²) in [6.45, 7) is 1.49. The number of aromatic nitrogens is 1. The predicted octanol–water partition coefficient (Wildman–Crippen LogP) is 3.26. The summed E-state index contributed by atoms with van der Waals surface area (Å²) in [6.07, 6.45) is 1.12. The first-order valence-corrected chi connectivity index (χ1v) is 8.64. The molecule has 0 aliphatic carbocycles. The fraction of sp³-hybridized carbons (Fsp3) is 0.316. The fourth-order valence-electron chi connectivity index (χ4n) is 2.31. The number of amides is 1. The van der Waals surface area contributed by atoms with Gasteiger partial charge in [0, 0.05) is 12.6 Å². The maximum Gasteiger partial charge on any atom is 0.306 e. The van der Waals surface area contributed by atoms with Crippen molar-refractivity contribution < 1.29 is 23.8 Å². The van der Waals surface area contributed by atoms with Gasteiger partial charge in [0.1, 0.15) is 0 Å². The number of ether oxygens (including phenoxy) is 3. The van der Waals surface area contributed by atoms with Gasteiger partial charge in [-0.25, -0.2) is 4.98 Å². The third-order valence-electron chi connectivity index (χ3n) is 3.76. The summed E-state index contributed by atoms with van der Waals surface area (Å²) in [6, 6.07) is 8.66. The second-order valence-electron chi connectivity index (χ2n) is 5.65. The Bertz CT molecular complexity index is 812. The van der Waals surface area contributed by atoms with Crippen LogP contribution in [0.5, 0.6) is 11.5 Å². The number of carbonyl (C=O) groups excluding carboxylic acids is 2. The summed E-state index contributed by atoms with van der Waals surface area (Å²) in [5.41, 5.74) is 1.25. The molecule has 0 fully saturated rings. The van der Waals surface area contributed by atoms with Crippen molar-refractivity contribution >= 4 is 29.2 Å². The van der Waals surface area contributed by atoms with Gasteiger partial charge in [0.25, 0.3) is 5.91 Å². The molecule has 0 aliphatic rings. The molecule has 7 nitrogen and oxygen atoms in total. The minimum Gasteiger partial charge on any atom is -0.493 e. The third kappa shape index (κ3) is 5.86. The summed E-state index contributed by atoms with van der Waals surface area (Å²) >= 11 is 5.89. The number of carbonyl (C=O) groups is 2. The lowest BCUT2D eigenvalue weighted by atomic mass is 10.1. The second-order valence-corrected chi connectivity index (χ2v) is 6.01. The van der Waals surface area contributed by atoms with E-state index >= 15 is 0 Å². The maximum absolute atomic E-state index is 12.1. The molecule has 2 aromatic rings. The molecule has 1 atom stereocenters. The number of anilines is 1. The van der Waals surface area contributed by atoms with Crippen LogP contribution >= 0.6 is 11.6 Å². The number of methoxy groups -OCH3 is 2. The van der Waals surface area contributed by atoms with Gasteiger partial charge in [-0.1, -0.05) is 17.7 Å². The Kier molecular flexibility index (Phi) is 7.43. The van der Waals surface area contributed by atoms with E-state index in [0.29, 0.717) is 23.6 Å². The molecule has 8 heteroatoms. The lowest BCUT2D eigenvalue weighted by molar-refractivity contribution is -0.153. The second kappa shape index (κ2) is 9.78. The van der Waals surface area contributed by atoms with Crippen molar-refractivity contribution in [1.29, 1.82) is 0 Å². The number of hydrogen-bond acceptors (Lipinski definition) is 6. The van der Waals surface area contributed by atoms with Crippen molar-refractivity contribution in [3.8, 4) is 11.5 Å². The van der Waals surface area contributed by atoms with E-state index in [4.69, 9.17) is 25.8 Å². The molecule has 0 saturated carbocycles. The van der Waals surface area contributed by atoms with E-state index in [-0.39, 0.29) is 11.6 Å². The molecule has 144 valence electrons. The summed E-state index contributed by atoms with van der Waals surface area (Å²) in [7, 11) is 3.10.